The largest absolute Gasteiger partial charge is 0.378 e. The molecule has 0 heterocycles. The van der Waals surface area contributed by atoms with Crippen LogP contribution in [-0.4, -0.2) is 19.9 Å². The van der Waals surface area contributed by atoms with Crippen LogP contribution in [0.1, 0.15) is 23.2 Å². The molecule has 88 valence electrons. The van der Waals surface area contributed by atoms with E-state index < -0.39 is 0 Å². The van der Waals surface area contributed by atoms with Crippen molar-refractivity contribution in [2.45, 2.75) is 12.8 Å². The van der Waals surface area contributed by atoms with E-state index in [1.54, 1.807) is 0 Å². The van der Waals surface area contributed by atoms with E-state index in [0.717, 1.165) is 29.7 Å². The summed E-state index contributed by atoms with van der Waals surface area (Å²) in [6, 6.07) is 7.72. The van der Waals surface area contributed by atoms with Crippen LogP contribution in [0.4, 0.5) is 5.69 Å². The first kappa shape index (κ1) is 11.6. The van der Waals surface area contributed by atoms with Crippen LogP contribution in [0.3, 0.4) is 0 Å². The minimum absolute atomic E-state index is 0.117. The van der Waals surface area contributed by atoms with E-state index >= 15 is 0 Å². The molecule has 0 saturated carbocycles. The maximum Gasteiger partial charge on any atom is 0.192 e. The van der Waals surface area contributed by atoms with Crippen molar-refractivity contribution in [1.82, 2.24) is 0 Å². The number of ketones is 1. The Balaban J connectivity index is 2.20. The van der Waals surface area contributed by atoms with Gasteiger partial charge >= 0.3 is 0 Å². The highest BCUT2D eigenvalue weighted by Crippen LogP contribution is 2.18. The summed E-state index contributed by atoms with van der Waals surface area (Å²) in [4.78, 5) is 14.2. The van der Waals surface area contributed by atoms with Crippen molar-refractivity contribution in [3.63, 3.8) is 0 Å². The first-order valence-electron chi connectivity index (χ1n) is 5.87. The van der Waals surface area contributed by atoms with E-state index in [1.807, 2.05) is 55.4 Å². The molecular formula is C15H17NO. The summed E-state index contributed by atoms with van der Waals surface area (Å²) in [6.45, 7) is 0. The molecule has 0 spiro atoms. The predicted octanol–water partition coefficient (Wildman–Crippen LogP) is 3.21. The molecule has 1 aliphatic rings. The Hall–Kier alpha value is -1.83. The summed E-state index contributed by atoms with van der Waals surface area (Å²) in [5, 5.41) is 0. The summed E-state index contributed by atoms with van der Waals surface area (Å²) in [6.07, 6.45) is 8.00. The van der Waals surface area contributed by atoms with Gasteiger partial charge in [-0.1, -0.05) is 18.2 Å². The molecule has 0 aromatic heterocycles. The highest BCUT2D eigenvalue weighted by Gasteiger charge is 2.11. The van der Waals surface area contributed by atoms with Gasteiger partial charge in [-0.15, -0.1) is 0 Å². The van der Waals surface area contributed by atoms with Gasteiger partial charge in [-0.3, -0.25) is 4.79 Å². The van der Waals surface area contributed by atoms with Crippen LogP contribution in [0.15, 0.2) is 48.1 Å². The molecule has 0 radical (unpaired) electrons. The van der Waals surface area contributed by atoms with Crippen LogP contribution in [0.2, 0.25) is 0 Å². The highest BCUT2D eigenvalue weighted by atomic mass is 16.1. The van der Waals surface area contributed by atoms with Crippen molar-refractivity contribution in [3.8, 4) is 0 Å². The van der Waals surface area contributed by atoms with Crippen LogP contribution >= 0.6 is 0 Å². The van der Waals surface area contributed by atoms with Crippen molar-refractivity contribution in [3.05, 3.63) is 53.6 Å². The molecule has 0 aliphatic heterocycles. The molecule has 1 aromatic carbocycles. The second-order valence-corrected chi connectivity index (χ2v) is 4.41. The van der Waals surface area contributed by atoms with Crippen LogP contribution in [-0.2, 0) is 0 Å². The molecule has 0 atom stereocenters. The summed E-state index contributed by atoms with van der Waals surface area (Å²) >= 11 is 0. The van der Waals surface area contributed by atoms with Gasteiger partial charge in [0.1, 0.15) is 0 Å². The van der Waals surface area contributed by atoms with E-state index in [1.165, 1.54) is 0 Å². The van der Waals surface area contributed by atoms with Gasteiger partial charge in [0.25, 0.3) is 0 Å². The third kappa shape index (κ3) is 2.64. The van der Waals surface area contributed by atoms with Crippen LogP contribution < -0.4 is 4.90 Å². The van der Waals surface area contributed by atoms with Gasteiger partial charge < -0.3 is 4.90 Å². The molecule has 0 fully saturated rings. The van der Waals surface area contributed by atoms with Gasteiger partial charge in [0.05, 0.1) is 0 Å². The lowest BCUT2D eigenvalue weighted by Gasteiger charge is -2.12. The molecule has 0 unspecified atom stereocenters. The number of rotatable bonds is 3. The van der Waals surface area contributed by atoms with Crippen LogP contribution in [0, 0.1) is 0 Å². The van der Waals surface area contributed by atoms with Crippen molar-refractivity contribution >= 4 is 11.5 Å². The summed E-state index contributed by atoms with van der Waals surface area (Å²) in [5.41, 5.74) is 2.68. The molecule has 2 heteroatoms. The second-order valence-electron chi connectivity index (χ2n) is 4.41. The molecule has 1 aliphatic carbocycles. The second kappa shape index (κ2) is 5.00. The Morgan fingerprint density at radius 1 is 1.12 bits per heavy atom. The Labute approximate surface area is 102 Å². The fraction of sp³-hybridized carbons (Fsp3) is 0.267. The quantitative estimate of drug-likeness (QED) is 0.739. The number of carbonyl (C=O) groups excluding carboxylic acids is 1. The average molecular weight is 227 g/mol. The maximum absolute atomic E-state index is 12.1. The number of hydrogen-bond acceptors (Lipinski definition) is 2. The molecule has 0 saturated heterocycles. The number of hydrogen-bond donors (Lipinski definition) is 0. The molecule has 2 nitrogen and oxygen atoms in total. The van der Waals surface area contributed by atoms with Crippen molar-refractivity contribution < 1.29 is 4.79 Å². The minimum atomic E-state index is 0.117. The smallest absolute Gasteiger partial charge is 0.192 e. The zero-order valence-corrected chi connectivity index (χ0v) is 10.3. The number of anilines is 1. The zero-order valence-electron chi connectivity index (χ0n) is 10.3. The fourth-order valence-electron chi connectivity index (χ4n) is 1.86. The number of allylic oxidation sites excluding steroid dienone is 4. The van der Waals surface area contributed by atoms with Crippen molar-refractivity contribution in [2.75, 3.05) is 19.0 Å². The van der Waals surface area contributed by atoms with Gasteiger partial charge in [0.2, 0.25) is 0 Å². The van der Waals surface area contributed by atoms with Gasteiger partial charge in [-0.2, -0.15) is 0 Å². The van der Waals surface area contributed by atoms with Crippen molar-refractivity contribution in [2.24, 2.45) is 0 Å². The lowest BCUT2D eigenvalue weighted by Crippen LogP contribution is -2.09. The first-order valence-corrected chi connectivity index (χ1v) is 5.87. The van der Waals surface area contributed by atoms with Crippen LogP contribution in [0.5, 0.6) is 0 Å². The predicted molar refractivity (Wildman–Crippen MR) is 71.6 cm³/mol. The molecule has 2 rings (SSSR count). The molecule has 17 heavy (non-hydrogen) atoms. The van der Waals surface area contributed by atoms with E-state index in [2.05, 4.69) is 6.08 Å². The zero-order chi connectivity index (χ0) is 12.3. The number of nitrogens with zero attached hydrogens (tertiary/aromatic N) is 1. The topological polar surface area (TPSA) is 20.3 Å². The van der Waals surface area contributed by atoms with Crippen molar-refractivity contribution in [1.29, 1.82) is 0 Å². The Morgan fingerprint density at radius 3 is 2.35 bits per heavy atom. The average Bonchev–Trinajstić information content (AvgIpc) is 2.39. The number of Topliss-reactive ketones (excluding diaryl/α,β-unsaturated/α-hetero) is 1. The summed E-state index contributed by atoms with van der Waals surface area (Å²) in [5.74, 6) is 0.117. The third-order valence-electron chi connectivity index (χ3n) is 2.90. The Bertz CT molecular complexity index is 466. The van der Waals surface area contributed by atoms with Gasteiger partial charge in [-0.05, 0) is 37.1 Å². The lowest BCUT2D eigenvalue weighted by molar-refractivity contribution is 0.103. The van der Waals surface area contributed by atoms with Gasteiger partial charge in [0.15, 0.2) is 5.78 Å². The third-order valence-corrected chi connectivity index (χ3v) is 2.90. The molecule has 1 aromatic rings. The van der Waals surface area contributed by atoms with E-state index in [9.17, 15) is 4.79 Å². The van der Waals surface area contributed by atoms with Crippen LogP contribution in [0.25, 0.3) is 0 Å². The standard InChI is InChI=1S/C15H17NO/c1-16(2)14-10-8-13(9-11-14)15(17)12-6-4-3-5-7-12/h4,6-11H,3,5H2,1-2H3. The van der Waals surface area contributed by atoms with E-state index in [-0.39, 0.29) is 5.78 Å². The summed E-state index contributed by atoms with van der Waals surface area (Å²) in [7, 11) is 3.98. The number of benzene rings is 1. The molecule has 0 N–H and O–H groups in total. The fourth-order valence-corrected chi connectivity index (χ4v) is 1.86. The number of carbonyl (C=O) groups is 1. The highest BCUT2D eigenvalue weighted by molar-refractivity contribution is 6.10. The van der Waals surface area contributed by atoms with Gasteiger partial charge in [-0.25, -0.2) is 0 Å². The van der Waals surface area contributed by atoms with E-state index in [4.69, 9.17) is 0 Å². The van der Waals surface area contributed by atoms with E-state index in [0.29, 0.717) is 0 Å². The maximum atomic E-state index is 12.1. The molecule has 0 bridgehead atoms. The minimum Gasteiger partial charge on any atom is -0.378 e. The Morgan fingerprint density at radius 2 is 1.82 bits per heavy atom. The Kier molecular flexibility index (Phi) is 3.43. The normalized spacial score (nSPS) is 14.4. The lowest BCUT2D eigenvalue weighted by atomic mass is 9.98. The molecule has 0 amide bonds. The SMILES string of the molecule is CN(C)c1ccc(C(=O)C2=CCCC=C2)cc1. The van der Waals surface area contributed by atoms with Gasteiger partial charge in [0, 0.05) is 30.9 Å². The summed E-state index contributed by atoms with van der Waals surface area (Å²) < 4.78 is 0. The monoisotopic (exact) mass is 227 g/mol. The first-order chi connectivity index (χ1) is 8.18. The molecular weight excluding hydrogens is 210 g/mol.